The molecule has 28 heavy (non-hydrogen) atoms. The first-order chi connectivity index (χ1) is 13.7. The van der Waals surface area contributed by atoms with Crippen molar-refractivity contribution in [2.45, 2.75) is 38.5 Å². The fourth-order valence-corrected chi connectivity index (χ4v) is 3.80. The van der Waals surface area contributed by atoms with Crippen molar-refractivity contribution < 1.29 is 9.59 Å². The molecule has 0 saturated carbocycles. The quantitative estimate of drug-likeness (QED) is 0.614. The van der Waals surface area contributed by atoms with E-state index in [1.165, 1.54) is 22.3 Å². The lowest BCUT2D eigenvalue weighted by atomic mass is 9.98. The zero-order chi connectivity index (χ0) is 19.3. The number of aryl methyl sites for hydroxylation is 1. The standard InChI is InChI=1S/C25H23NO2/c27-24(13-19-4-2-12-26-17-19)5-1-3-18-6-8-20(9-7-18)21-10-11-22-15-25(28)16-23(22)14-21/h2,4,6-12,14,17H,1,3,5,13,15-16H2. The van der Waals surface area contributed by atoms with Gasteiger partial charge in [-0.3, -0.25) is 14.6 Å². The van der Waals surface area contributed by atoms with E-state index in [0.29, 0.717) is 31.5 Å². The molecule has 0 N–H and O–H groups in total. The molecule has 0 fully saturated rings. The van der Waals surface area contributed by atoms with Crippen molar-refractivity contribution in [2.24, 2.45) is 0 Å². The topological polar surface area (TPSA) is 47.0 Å². The third-order valence-electron chi connectivity index (χ3n) is 5.31. The molecule has 3 nitrogen and oxygen atoms in total. The summed E-state index contributed by atoms with van der Waals surface area (Å²) >= 11 is 0. The van der Waals surface area contributed by atoms with E-state index in [-0.39, 0.29) is 5.78 Å². The molecule has 0 aliphatic heterocycles. The molecule has 1 aliphatic carbocycles. The Bertz CT molecular complexity index is 991. The third kappa shape index (κ3) is 4.42. The summed E-state index contributed by atoms with van der Waals surface area (Å²) in [4.78, 5) is 27.8. The van der Waals surface area contributed by atoms with Crippen LogP contribution in [0.4, 0.5) is 0 Å². The van der Waals surface area contributed by atoms with Crippen LogP contribution in [0.1, 0.15) is 35.1 Å². The zero-order valence-corrected chi connectivity index (χ0v) is 15.9. The maximum Gasteiger partial charge on any atom is 0.141 e. The van der Waals surface area contributed by atoms with Gasteiger partial charge in [0.25, 0.3) is 0 Å². The highest BCUT2D eigenvalue weighted by atomic mass is 16.1. The molecule has 0 saturated heterocycles. The summed E-state index contributed by atoms with van der Waals surface area (Å²) in [6, 6.07) is 18.7. The minimum absolute atomic E-state index is 0.261. The molecule has 0 bridgehead atoms. The second kappa shape index (κ2) is 8.30. The van der Waals surface area contributed by atoms with Gasteiger partial charge in [-0.05, 0) is 52.3 Å². The Hall–Kier alpha value is -3.07. The molecular formula is C25H23NO2. The molecule has 1 aliphatic rings. The number of hydrogen-bond donors (Lipinski definition) is 0. The molecule has 1 heterocycles. The Morgan fingerprint density at radius 1 is 0.893 bits per heavy atom. The van der Waals surface area contributed by atoms with Crippen LogP contribution in [0.2, 0.25) is 0 Å². The summed E-state index contributed by atoms with van der Waals surface area (Å²) in [5, 5.41) is 0. The van der Waals surface area contributed by atoms with Crippen LogP contribution < -0.4 is 0 Å². The highest BCUT2D eigenvalue weighted by molar-refractivity contribution is 5.88. The molecule has 3 aromatic rings. The number of benzene rings is 2. The van der Waals surface area contributed by atoms with E-state index < -0.39 is 0 Å². The monoisotopic (exact) mass is 369 g/mol. The number of aromatic nitrogens is 1. The van der Waals surface area contributed by atoms with Gasteiger partial charge >= 0.3 is 0 Å². The van der Waals surface area contributed by atoms with Gasteiger partial charge in [-0.25, -0.2) is 0 Å². The number of carbonyl (C=O) groups excluding carboxylic acids is 2. The van der Waals surface area contributed by atoms with E-state index in [1.807, 2.05) is 12.1 Å². The van der Waals surface area contributed by atoms with Gasteiger partial charge in [-0.1, -0.05) is 48.5 Å². The number of ketones is 2. The van der Waals surface area contributed by atoms with Crippen molar-refractivity contribution in [3.05, 3.63) is 89.2 Å². The first kappa shape index (κ1) is 18.3. The third-order valence-corrected chi connectivity index (χ3v) is 5.31. The molecule has 0 unspecified atom stereocenters. The Morgan fingerprint density at radius 3 is 2.46 bits per heavy atom. The lowest BCUT2D eigenvalue weighted by Crippen LogP contribution is -2.03. The SMILES string of the molecule is O=C(CCCc1ccc(-c2ccc3c(c2)CC(=O)C3)cc1)Cc1cccnc1. The van der Waals surface area contributed by atoms with E-state index in [2.05, 4.69) is 47.4 Å². The van der Waals surface area contributed by atoms with Crippen molar-refractivity contribution >= 4 is 11.6 Å². The fraction of sp³-hybridized carbons (Fsp3) is 0.240. The molecule has 140 valence electrons. The second-order valence-electron chi connectivity index (χ2n) is 7.50. The summed E-state index contributed by atoms with van der Waals surface area (Å²) in [6.45, 7) is 0. The van der Waals surface area contributed by atoms with E-state index in [4.69, 9.17) is 0 Å². The molecule has 0 spiro atoms. The number of pyridine rings is 1. The summed E-state index contributed by atoms with van der Waals surface area (Å²) in [6.07, 6.45) is 7.44. The van der Waals surface area contributed by atoms with Gasteiger partial charge in [0, 0.05) is 38.1 Å². The molecule has 3 heteroatoms. The highest BCUT2D eigenvalue weighted by Gasteiger charge is 2.18. The van der Waals surface area contributed by atoms with Gasteiger partial charge in [-0.15, -0.1) is 0 Å². The van der Waals surface area contributed by atoms with Crippen molar-refractivity contribution in [1.29, 1.82) is 0 Å². The van der Waals surface area contributed by atoms with E-state index in [0.717, 1.165) is 24.0 Å². The van der Waals surface area contributed by atoms with Gasteiger partial charge in [-0.2, -0.15) is 0 Å². The normalized spacial score (nSPS) is 12.8. The van der Waals surface area contributed by atoms with Gasteiger partial charge in [0.05, 0.1) is 0 Å². The first-order valence-electron chi connectivity index (χ1n) is 9.81. The van der Waals surface area contributed by atoms with Crippen LogP contribution in [0.15, 0.2) is 67.0 Å². The molecule has 0 radical (unpaired) electrons. The van der Waals surface area contributed by atoms with Crippen molar-refractivity contribution in [2.75, 3.05) is 0 Å². The van der Waals surface area contributed by atoms with Gasteiger partial charge < -0.3 is 0 Å². The number of nitrogens with zero attached hydrogens (tertiary/aromatic N) is 1. The molecular weight excluding hydrogens is 346 g/mol. The predicted octanol–water partition coefficient (Wildman–Crippen LogP) is 4.55. The lowest BCUT2D eigenvalue weighted by molar-refractivity contribution is -0.118. The van der Waals surface area contributed by atoms with E-state index in [9.17, 15) is 9.59 Å². The summed E-state index contributed by atoms with van der Waals surface area (Å²) in [5.41, 5.74) is 6.88. The molecule has 0 amide bonds. The van der Waals surface area contributed by atoms with E-state index >= 15 is 0 Å². The zero-order valence-electron chi connectivity index (χ0n) is 15.9. The van der Waals surface area contributed by atoms with Crippen LogP contribution in [0.25, 0.3) is 11.1 Å². The molecule has 4 rings (SSSR count). The van der Waals surface area contributed by atoms with Gasteiger partial charge in [0.15, 0.2) is 0 Å². The Morgan fingerprint density at radius 2 is 1.68 bits per heavy atom. The van der Waals surface area contributed by atoms with Crippen molar-refractivity contribution in [1.82, 2.24) is 4.98 Å². The number of fused-ring (bicyclic) bond motifs is 1. The lowest BCUT2D eigenvalue weighted by Gasteiger charge is -2.07. The van der Waals surface area contributed by atoms with Gasteiger partial charge in [0.1, 0.15) is 11.6 Å². The van der Waals surface area contributed by atoms with Crippen molar-refractivity contribution in [3.63, 3.8) is 0 Å². The maximum absolute atomic E-state index is 12.1. The average molecular weight is 369 g/mol. The van der Waals surface area contributed by atoms with Gasteiger partial charge in [0.2, 0.25) is 0 Å². The number of rotatable bonds is 7. The summed E-state index contributed by atoms with van der Waals surface area (Å²) in [5.74, 6) is 0.567. The van der Waals surface area contributed by atoms with Crippen LogP contribution in [-0.4, -0.2) is 16.6 Å². The highest BCUT2D eigenvalue weighted by Crippen LogP contribution is 2.27. The number of hydrogen-bond acceptors (Lipinski definition) is 3. The van der Waals surface area contributed by atoms with Crippen LogP contribution in [0.3, 0.4) is 0 Å². The summed E-state index contributed by atoms with van der Waals surface area (Å²) in [7, 11) is 0. The number of Topliss-reactive ketones (excluding diaryl/α,β-unsaturated/α-hetero) is 2. The minimum atomic E-state index is 0.261. The van der Waals surface area contributed by atoms with Crippen LogP contribution in [-0.2, 0) is 35.3 Å². The van der Waals surface area contributed by atoms with Crippen LogP contribution >= 0.6 is 0 Å². The van der Waals surface area contributed by atoms with E-state index in [1.54, 1.807) is 12.4 Å². The Balaban J connectivity index is 1.31. The Kier molecular flexibility index (Phi) is 5.43. The largest absolute Gasteiger partial charge is 0.299 e. The maximum atomic E-state index is 12.1. The second-order valence-corrected chi connectivity index (χ2v) is 7.50. The first-order valence-corrected chi connectivity index (χ1v) is 9.81. The number of carbonyl (C=O) groups is 2. The average Bonchev–Trinajstić information content (AvgIpc) is 3.08. The minimum Gasteiger partial charge on any atom is -0.299 e. The van der Waals surface area contributed by atoms with Crippen LogP contribution in [0.5, 0.6) is 0 Å². The van der Waals surface area contributed by atoms with Crippen molar-refractivity contribution in [3.8, 4) is 11.1 Å². The Labute approximate surface area is 165 Å². The molecule has 0 atom stereocenters. The molecule has 1 aromatic heterocycles. The summed E-state index contributed by atoms with van der Waals surface area (Å²) < 4.78 is 0. The smallest absolute Gasteiger partial charge is 0.141 e. The molecule has 2 aromatic carbocycles. The fourth-order valence-electron chi connectivity index (χ4n) is 3.80. The van der Waals surface area contributed by atoms with Crippen LogP contribution in [0, 0.1) is 0 Å². The predicted molar refractivity (Wildman–Crippen MR) is 110 cm³/mol.